The van der Waals surface area contributed by atoms with E-state index < -0.39 is 5.82 Å². The lowest BCUT2D eigenvalue weighted by Crippen LogP contribution is -2.35. The molecule has 1 unspecified atom stereocenters. The molecule has 1 atom stereocenters. The van der Waals surface area contributed by atoms with Gasteiger partial charge in [0, 0.05) is 26.2 Å². The molecule has 2 aromatic heterocycles. The number of carbonyl (C=O) groups is 1. The molecule has 1 aliphatic rings. The number of ether oxygens (including phenoxy) is 1. The molecule has 0 bridgehead atoms. The fraction of sp³-hybridized carbons (Fsp3) is 0.412. The molecule has 7 nitrogen and oxygen atoms in total. The van der Waals surface area contributed by atoms with Crippen LogP contribution in [0.15, 0.2) is 29.5 Å². The lowest BCUT2D eigenvalue weighted by atomic mass is 10.2. The van der Waals surface area contributed by atoms with Gasteiger partial charge in [0.05, 0.1) is 12.2 Å². The fourth-order valence-electron chi connectivity index (χ4n) is 2.81. The molecule has 0 aromatic carbocycles. The average Bonchev–Trinajstić information content (AvgIpc) is 3.07. The minimum absolute atomic E-state index is 0.0956. The second-order valence-corrected chi connectivity index (χ2v) is 5.91. The van der Waals surface area contributed by atoms with Gasteiger partial charge in [0.15, 0.2) is 0 Å². The quantitative estimate of drug-likeness (QED) is 0.831. The third-order valence-corrected chi connectivity index (χ3v) is 4.23. The summed E-state index contributed by atoms with van der Waals surface area (Å²) in [6.45, 7) is 2.52. The van der Waals surface area contributed by atoms with Crippen LogP contribution >= 0.6 is 0 Å². The van der Waals surface area contributed by atoms with Crippen LogP contribution < -0.4 is 10.3 Å². The normalized spacial score (nSPS) is 16.9. The minimum Gasteiger partial charge on any atom is -0.470 e. The summed E-state index contributed by atoms with van der Waals surface area (Å²) in [6, 6.07) is 3.16. The van der Waals surface area contributed by atoms with Crippen LogP contribution in [0.5, 0.6) is 5.88 Å². The zero-order valence-electron chi connectivity index (χ0n) is 14.1. The molecule has 1 saturated heterocycles. The summed E-state index contributed by atoms with van der Waals surface area (Å²) in [5, 5.41) is 0. The Labute approximate surface area is 144 Å². The van der Waals surface area contributed by atoms with Crippen LogP contribution in [0.2, 0.25) is 0 Å². The highest BCUT2D eigenvalue weighted by Crippen LogP contribution is 2.21. The summed E-state index contributed by atoms with van der Waals surface area (Å²) in [7, 11) is 1.60. The number of hydrogen-bond donors (Lipinski definition) is 0. The lowest BCUT2D eigenvalue weighted by molar-refractivity contribution is 0.0767. The highest BCUT2D eigenvalue weighted by Gasteiger charge is 2.30. The van der Waals surface area contributed by atoms with Crippen LogP contribution in [0.25, 0.3) is 0 Å². The van der Waals surface area contributed by atoms with E-state index >= 15 is 0 Å². The Bertz CT molecular complexity index is 852. The molecular weight excluding hydrogens is 327 g/mol. The zero-order chi connectivity index (χ0) is 18.0. The summed E-state index contributed by atoms with van der Waals surface area (Å²) in [4.78, 5) is 33.9. The Kier molecular flexibility index (Phi) is 4.78. The number of nitrogens with zero attached hydrogens (tertiary/aromatic N) is 4. The summed E-state index contributed by atoms with van der Waals surface area (Å²) in [5.41, 5.74) is 0.0714. The van der Waals surface area contributed by atoms with Gasteiger partial charge >= 0.3 is 0 Å². The van der Waals surface area contributed by atoms with Crippen molar-refractivity contribution < 1.29 is 13.9 Å². The first kappa shape index (κ1) is 17.1. The summed E-state index contributed by atoms with van der Waals surface area (Å²) in [5.74, 6) is -1.00. The number of likely N-dealkylation sites (tertiary alicyclic amines) is 1. The van der Waals surface area contributed by atoms with Gasteiger partial charge in [-0.2, -0.15) is 9.37 Å². The predicted octanol–water partition coefficient (Wildman–Crippen LogP) is 1.17. The molecule has 0 N–H and O–H groups in total. The average molecular weight is 346 g/mol. The SMILES string of the molecule is CCc1ncnc(OC2CCN(C(=O)c3cccn(C)c3=O)C2)c1F. The number of aromatic nitrogens is 3. The Balaban J connectivity index is 1.71. The van der Waals surface area contributed by atoms with Crippen molar-refractivity contribution in [1.82, 2.24) is 19.4 Å². The van der Waals surface area contributed by atoms with Crippen LogP contribution in [0.4, 0.5) is 4.39 Å². The number of aryl methyl sites for hydroxylation is 2. The molecule has 0 spiro atoms. The van der Waals surface area contributed by atoms with Crippen LogP contribution in [0.3, 0.4) is 0 Å². The van der Waals surface area contributed by atoms with E-state index in [4.69, 9.17) is 4.74 Å². The number of hydrogen-bond acceptors (Lipinski definition) is 5. The number of carbonyl (C=O) groups excluding carboxylic acids is 1. The van der Waals surface area contributed by atoms with Gasteiger partial charge in [-0.25, -0.2) is 4.98 Å². The van der Waals surface area contributed by atoms with Crippen molar-refractivity contribution >= 4 is 5.91 Å². The summed E-state index contributed by atoms with van der Waals surface area (Å²) in [6.07, 6.45) is 3.48. The van der Waals surface area contributed by atoms with Gasteiger partial charge in [-0.15, -0.1) is 0 Å². The van der Waals surface area contributed by atoms with Crippen molar-refractivity contribution in [2.24, 2.45) is 7.05 Å². The minimum atomic E-state index is -0.563. The van der Waals surface area contributed by atoms with Gasteiger partial charge in [-0.3, -0.25) is 9.59 Å². The van der Waals surface area contributed by atoms with Crippen molar-refractivity contribution in [2.45, 2.75) is 25.9 Å². The van der Waals surface area contributed by atoms with Crippen molar-refractivity contribution in [3.05, 3.63) is 52.1 Å². The van der Waals surface area contributed by atoms with E-state index in [-0.39, 0.29) is 35.6 Å². The van der Waals surface area contributed by atoms with E-state index in [0.717, 1.165) is 0 Å². The second-order valence-electron chi connectivity index (χ2n) is 5.91. The standard InChI is InChI=1S/C17H19FN4O3/c1-3-13-14(18)15(20-10-19-13)25-11-6-8-22(9-11)17(24)12-5-4-7-21(2)16(12)23/h4-5,7,10-11H,3,6,8-9H2,1-2H3. The van der Waals surface area contributed by atoms with E-state index in [1.54, 1.807) is 31.1 Å². The van der Waals surface area contributed by atoms with E-state index in [9.17, 15) is 14.0 Å². The van der Waals surface area contributed by atoms with Gasteiger partial charge in [0.2, 0.25) is 5.82 Å². The smallest absolute Gasteiger partial charge is 0.263 e. The Morgan fingerprint density at radius 1 is 1.44 bits per heavy atom. The summed E-state index contributed by atoms with van der Waals surface area (Å²) >= 11 is 0. The van der Waals surface area contributed by atoms with Crippen LogP contribution in [0.1, 0.15) is 29.4 Å². The lowest BCUT2D eigenvalue weighted by Gasteiger charge is -2.17. The monoisotopic (exact) mass is 346 g/mol. The molecule has 8 heteroatoms. The number of rotatable bonds is 4. The first-order valence-electron chi connectivity index (χ1n) is 8.12. The molecular formula is C17H19FN4O3. The van der Waals surface area contributed by atoms with Gasteiger partial charge in [-0.05, 0) is 18.6 Å². The molecule has 1 fully saturated rings. The highest BCUT2D eigenvalue weighted by molar-refractivity contribution is 5.94. The Hall–Kier alpha value is -2.77. The number of pyridine rings is 1. The van der Waals surface area contributed by atoms with Crippen molar-refractivity contribution in [1.29, 1.82) is 0 Å². The third-order valence-electron chi connectivity index (χ3n) is 4.23. The van der Waals surface area contributed by atoms with Gasteiger partial charge in [0.25, 0.3) is 17.3 Å². The first-order chi connectivity index (χ1) is 12.0. The zero-order valence-corrected chi connectivity index (χ0v) is 14.1. The largest absolute Gasteiger partial charge is 0.470 e. The van der Waals surface area contributed by atoms with E-state index in [2.05, 4.69) is 9.97 Å². The molecule has 3 heterocycles. The maximum absolute atomic E-state index is 14.2. The molecule has 0 saturated carbocycles. The first-order valence-corrected chi connectivity index (χ1v) is 8.12. The third kappa shape index (κ3) is 3.38. The molecule has 1 aliphatic heterocycles. The second kappa shape index (κ2) is 7.00. The van der Waals surface area contributed by atoms with E-state index in [1.807, 2.05) is 0 Å². The fourth-order valence-corrected chi connectivity index (χ4v) is 2.81. The highest BCUT2D eigenvalue weighted by atomic mass is 19.1. The maximum Gasteiger partial charge on any atom is 0.263 e. The van der Waals surface area contributed by atoms with Gasteiger partial charge < -0.3 is 14.2 Å². The van der Waals surface area contributed by atoms with Gasteiger partial charge in [0.1, 0.15) is 18.0 Å². The molecule has 25 heavy (non-hydrogen) atoms. The summed E-state index contributed by atoms with van der Waals surface area (Å²) < 4.78 is 21.1. The maximum atomic E-state index is 14.2. The molecule has 132 valence electrons. The topological polar surface area (TPSA) is 77.3 Å². The van der Waals surface area contributed by atoms with E-state index in [1.165, 1.54) is 17.0 Å². The number of amides is 1. The molecule has 0 aliphatic carbocycles. The van der Waals surface area contributed by atoms with Crippen LogP contribution in [0, 0.1) is 5.82 Å². The predicted molar refractivity (Wildman–Crippen MR) is 88.0 cm³/mol. The molecule has 3 rings (SSSR count). The molecule has 2 aromatic rings. The number of halogens is 1. The molecule has 0 radical (unpaired) electrons. The van der Waals surface area contributed by atoms with E-state index in [0.29, 0.717) is 25.1 Å². The van der Waals surface area contributed by atoms with Crippen molar-refractivity contribution in [3.8, 4) is 5.88 Å². The Morgan fingerprint density at radius 3 is 3.00 bits per heavy atom. The van der Waals surface area contributed by atoms with Crippen LogP contribution in [-0.2, 0) is 13.5 Å². The van der Waals surface area contributed by atoms with Gasteiger partial charge in [-0.1, -0.05) is 6.92 Å². The van der Waals surface area contributed by atoms with Crippen molar-refractivity contribution in [2.75, 3.05) is 13.1 Å². The molecule has 1 amide bonds. The van der Waals surface area contributed by atoms with Crippen LogP contribution in [-0.4, -0.2) is 44.5 Å². The van der Waals surface area contributed by atoms with Crippen molar-refractivity contribution in [3.63, 3.8) is 0 Å². The Morgan fingerprint density at radius 2 is 2.24 bits per heavy atom.